The van der Waals surface area contributed by atoms with Crippen molar-refractivity contribution in [2.45, 2.75) is 25.0 Å². The van der Waals surface area contributed by atoms with E-state index in [1.807, 2.05) is 43.3 Å². The minimum absolute atomic E-state index is 0.0546. The van der Waals surface area contributed by atoms with Crippen molar-refractivity contribution < 1.29 is 9.90 Å². The summed E-state index contributed by atoms with van der Waals surface area (Å²) in [5, 5.41) is 9.81. The lowest BCUT2D eigenvalue weighted by Gasteiger charge is -2.27. The van der Waals surface area contributed by atoms with Crippen molar-refractivity contribution in [3.8, 4) is 0 Å². The molecule has 1 fully saturated rings. The van der Waals surface area contributed by atoms with Gasteiger partial charge in [-0.3, -0.25) is 4.79 Å². The number of aliphatic hydroxyl groups is 1. The zero-order chi connectivity index (χ0) is 14.7. The minimum atomic E-state index is -0.412. The Bertz CT molecular complexity index is 476. The molecule has 1 amide bonds. The number of anilines is 1. The van der Waals surface area contributed by atoms with Crippen LogP contribution in [0, 0.1) is 0 Å². The van der Waals surface area contributed by atoms with E-state index in [9.17, 15) is 9.90 Å². The predicted molar refractivity (Wildman–Crippen MR) is 79.2 cm³/mol. The molecule has 2 atom stereocenters. The summed E-state index contributed by atoms with van der Waals surface area (Å²) >= 11 is 0. The summed E-state index contributed by atoms with van der Waals surface area (Å²) in [5.41, 5.74) is 7.32. The summed E-state index contributed by atoms with van der Waals surface area (Å²) in [7, 11) is 3.95. The molecule has 0 spiro atoms. The number of likely N-dealkylation sites (N-methyl/N-ethyl adjacent to an activating group) is 1. The molecule has 0 radical (unpaired) electrons. The highest BCUT2D eigenvalue weighted by Crippen LogP contribution is 2.20. The van der Waals surface area contributed by atoms with Crippen LogP contribution in [-0.4, -0.2) is 60.1 Å². The van der Waals surface area contributed by atoms with Gasteiger partial charge in [0.25, 0.3) is 0 Å². The van der Waals surface area contributed by atoms with Crippen LogP contribution in [0.1, 0.15) is 12.0 Å². The van der Waals surface area contributed by atoms with Crippen molar-refractivity contribution in [2.75, 3.05) is 32.9 Å². The van der Waals surface area contributed by atoms with Gasteiger partial charge in [-0.05, 0) is 38.2 Å². The average molecular weight is 277 g/mol. The summed E-state index contributed by atoms with van der Waals surface area (Å²) in [6, 6.07) is 7.48. The van der Waals surface area contributed by atoms with Crippen molar-refractivity contribution in [3.63, 3.8) is 0 Å². The number of hydrogen-bond acceptors (Lipinski definition) is 4. The minimum Gasteiger partial charge on any atom is -0.399 e. The zero-order valence-electron chi connectivity index (χ0n) is 12.1. The zero-order valence-corrected chi connectivity index (χ0v) is 12.1. The van der Waals surface area contributed by atoms with E-state index in [-0.39, 0.29) is 11.9 Å². The first-order valence-corrected chi connectivity index (χ1v) is 6.92. The van der Waals surface area contributed by atoms with Crippen LogP contribution >= 0.6 is 0 Å². The van der Waals surface area contributed by atoms with E-state index in [0.29, 0.717) is 25.1 Å². The molecule has 1 heterocycles. The molecule has 1 aromatic carbocycles. The molecule has 0 bridgehead atoms. The van der Waals surface area contributed by atoms with E-state index in [2.05, 4.69) is 0 Å². The molecular formula is C15H23N3O2. The maximum Gasteiger partial charge on any atom is 0.227 e. The van der Waals surface area contributed by atoms with Crippen molar-refractivity contribution in [2.24, 2.45) is 0 Å². The van der Waals surface area contributed by atoms with Crippen LogP contribution < -0.4 is 5.73 Å². The van der Waals surface area contributed by atoms with E-state index in [1.54, 1.807) is 4.90 Å². The van der Waals surface area contributed by atoms with Gasteiger partial charge >= 0.3 is 0 Å². The first-order chi connectivity index (χ1) is 9.45. The Labute approximate surface area is 120 Å². The normalized spacial score (nSPS) is 22.5. The second-order valence-corrected chi connectivity index (χ2v) is 5.77. The van der Waals surface area contributed by atoms with Gasteiger partial charge in [0.05, 0.1) is 12.5 Å². The number of nitrogens with zero attached hydrogens (tertiary/aromatic N) is 2. The van der Waals surface area contributed by atoms with Gasteiger partial charge in [0.15, 0.2) is 0 Å². The maximum atomic E-state index is 12.4. The van der Waals surface area contributed by atoms with Crippen LogP contribution in [-0.2, 0) is 11.2 Å². The highest BCUT2D eigenvalue weighted by Gasteiger charge is 2.34. The highest BCUT2D eigenvalue weighted by atomic mass is 16.3. The Morgan fingerprint density at radius 2 is 2.25 bits per heavy atom. The molecule has 0 aliphatic carbocycles. The maximum absolute atomic E-state index is 12.4. The van der Waals surface area contributed by atoms with Crippen LogP contribution in [0.15, 0.2) is 24.3 Å². The summed E-state index contributed by atoms with van der Waals surface area (Å²) in [4.78, 5) is 16.3. The largest absolute Gasteiger partial charge is 0.399 e. The molecule has 0 aromatic heterocycles. The smallest absolute Gasteiger partial charge is 0.227 e. The highest BCUT2D eigenvalue weighted by molar-refractivity contribution is 5.79. The second kappa shape index (κ2) is 6.24. The third-order valence-electron chi connectivity index (χ3n) is 3.60. The molecule has 20 heavy (non-hydrogen) atoms. The summed E-state index contributed by atoms with van der Waals surface area (Å²) in [5.74, 6) is 0.0546. The van der Waals surface area contributed by atoms with Crippen LogP contribution in [0.3, 0.4) is 0 Å². The molecule has 110 valence electrons. The topological polar surface area (TPSA) is 69.8 Å². The quantitative estimate of drug-likeness (QED) is 0.778. The third-order valence-corrected chi connectivity index (χ3v) is 3.60. The van der Waals surface area contributed by atoms with E-state index >= 15 is 0 Å². The van der Waals surface area contributed by atoms with E-state index in [4.69, 9.17) is 5.73 Å². The predicted octanol–water partition coefficient (Wildman–Crippen LogP) is 0.335. The SMILES string of the molecule is CN(C)CC1CC(O)CN1C(=O)Cc1cccc(N)c1. The molecule has 1 aliphatic rings. The molecule has 1 saturated heterocycles. The first kappa shape index (κ1) is 14.8. The van der Waals surface area contributed by atoms with Gasteiger partial charge in [-0.1, -0.05) is 12.1 Å². The monoisotopic (exact) mass is 277 g/mol. The Morgan fingerprint density at radius 1 is 1.50 bits per heavy atom. The third kappa shape index (κ3) is 3.71. The number of benzene rings is 1. The fourth-order valence-corrected chi connectivity index (χ4v) is 2.77. The number of nitrogen functional groups attached to an aromatic ring is 1. The lowest BCUT2D eigenvalue weighted by molar-refractivity contribution is -0.131. The molecule has 3 N–H and O–H groups in total. The van der Waals surface area contributed by atoms with Crippen molar-refractivity contribution in [1.82, 2.24) is 9.80 Å². The van der Waals surface area contributed by atoms with Gasteiger partial charge in [-0.15, -0.1) is 0 Å². The van der Waals surface area contributed by atoms with E-state index < -0.39 is 6.10 Å². The van der Waals surface area contributed by atoms with Gasteiger partial charge in [0.1, 0.15) is 0 Å². The number of hydrogen-bond donors (Lipinski definition) is 2. The molecule has 5 heteroatoms. The van der Waals surface area contributed by atoms with Gasteiger partial charge in [0, 0.05) is 24.8 Å². The first-order valence-electron chi connectivity index (χ1n) is 6.92. The number of β-amino-alcohol motifs (C(OH)–C–C–N with tert-alkyl or cyclic N) is 1. The van der Waals surface area contributed by atoms with E-state index in [1.165, 1.54) is 0 Å². The lowest BCUT2D eigenvalue weighted by Crippen LogP contribution is -2.42. The van der Waals surface area contributed by atoms with Crippen LogP contribution in [0.25, 0.3) is 0 Å². The van der Waals surface area contributed by atoms with Crippen LogP contribution in [0.2, 0.25) is 0 Å². The Morgan fingerprint density at radius 3 is 2.90 bits per heavy atom. The number of carbonyl (C=O) groups excluding carboxylic acids is 1. The molecular weight excluding hydrogens is 254 g/mol. The second-order valence-electron chi connectivity index (χ2n) is 5.77. The number of amides is 1. The fourth-order valence-electron chi connectivity index (χ4n) is 2.77. The molecule has 5 nitrogen and oxygen atoms in total. The van der Waals surface area contributed by atoms with Crippen LogP contribution in [0.5, 0.6) is 0 Å². The number of likely N-dealkylation sites (tertiary alicyclic amines) is 1. The van der Waals surface area contributed by atoms with Crippen molar-refractivity contribution in [3.05, 3.63) is 29.8 Å². The summed E-state index contributed by atoms with van der Waals surface area (Å²) in [6.07, 6.45) is 0.576. The van der Waals surface area contributed by atoms with Crippen LogP contribution in [0.4, 0.5) is 5.69 Å². The Hall–Kier alpha value is -1.59. The van der Waals surface area contributed by atoms with Gasteiger partial charge in [-0.25, -0.2) is 0 Å². The van der Waals surface area contributed by atoms with E-state index in [0.717, 1.165) is 12.1 Å². The molecule has 0 saturated carbocycles. The summed E-state index contributed by atoms with van der Waals surface area (Å²) < 4.78 is 0. The standard InChI is InChI=1S/C15H23N3O2/c1-17(2)9-13-8-14(19)10-18(13)15(20)7-11-4-3-5-12(16)6-11/h3-6,13-14,19H,7-10,16H2,1-2H3. The molecule has 2 rings (SSSR count). The number of rotatable bonds is 4. The molecule has 2 unspecified atom stereocenters. The lowest BCUT2D eigenvalue weighted by atomic mass is 10.1. The van der Waals surface area contributed by atoms with Crippen molar-refractivity contribution >= 4 is 11.6 Å². The molecule has 1 aliphatic heterocycles. The van der Waals surface area contributed by atoms with Gasteiger partial charge in [-0.2, -0.15) is 0 Å². The Kier molecular flexibility index (Phi) is 4.62. The Balaban J connectivity index is 2.03. The number of carbonyl (C=O) groups is 1. The average Bonchev–Trinajstić information content (AvgIpc) is 2.69. The number of nitrogens with two attached hydrogens (primary N) is 1. The fraction of sp³-hybridized carbons (Fsp3) is 0.533. The number of aliphatic hydroxyl groups excluding tert-OH is 1. The van der Waals surface area contributed by atoms with Gasteiger partial charge in [0.2, 0.25) is 5.91 Å². The summed E-state index contributed by atoms with van der Waals surface area (Å²) in [6.45, 7) is 1.21. The molecule has 1 aromatic rings. The van der Waals surface area contributed by atoms with Crippen molar-refractivity contribution in [1.29, 1.82) is 0 Å². The van der Waals surface area contributed by atoms with Gasteiger partial charge < -0.3 is 20.6 Å².